The molecule has 0 spiro atoms. The van der Waals surface area contributed by atoms with Crippen LogP contribution in [0.2, 0.25) is 5.02 Å². The molecular weight excluding hydrogens is 458 g/mol. The summed E-state index contributed by atoms with van der Waals surface area (Å²) in [5.74, 6) is -0.317. The van der Waals surface area contributed by atoms with Crippen molar-refractivity contribution in [1.82, 2.24) is 10.2 Å². The van der Waals surface area contributed by atoms with Gasteiger partial charge in [0.2, 0.25) is 0 Å². The zero-order valence-electron chi connectivity index (χ0n) is 18.1. The van der Waals surface area contributed by atoms with Crippen molar-refractivity contribution in [3.05, 3.63) is 94.5 Å². The van der Waals surface area contributed by atoms with Gasteiger partial charge in [0.1, 0.15) is 0 Å². The molecule has 33 heavy (non-hydrogen) atoms. The van der Waals surface area contributed by atoms with Crippen LogP contribution in [0.25, 0.3) is 0 Å². The van der Waals surface area contributed by atoms with Gasteiger partial charge in [-0.15, -0.1) is 0 Å². The lowest BCUT2D eigenvalue weighted by molar-refractivity contribution is 0.0951. The maximum Gasteiger partial charge on any atom is 0.261 e. The third-order valence-corrected chi connectivity index (χ3v) is 7.28. The molecule has 172 valence electrons. The molecule has 1 amide bonds. The van der Waals surface area contributed by atoms with Crippen LogP contribution in [0, 0.1) is 0 Å². The Kier molecular flexibility index (Phi) is 7.33. The normalized spacial score (nSPS) is 14.2. The predicted octanol–water partition coefficient (Wildman–Crippen LogP) is 4.67. The fourth-order valence-electron chi connectivity index (χ4n) is 3.89. The van der Waals surface area contributed by atoms with Crippen molar-refractivity contribution in [2.75, 3.05) is 17.8 Å². The van der Waals surface area contributed by atoms with Crippen LogP contribution in [-0.4, -0.2) is 32.3 Å². The lowest BCUT2D eigenvalue weighted by Gasteiger charge is -2.15. The number of likely N-dealkylation sites (tertiary alicyclic amines) is 1. The summed E-state index contributed by atoms with van der Waals surface area (Å²) >= 11 is 6.30. The topological polar surface area (TPSA) is 78.5 Å². The summed E-state index contributed by atoms with van der Waals surface area (Å²) in [6.45, 7) is 3.58. The quantitative estimate of drug-likeness (QED) is 0.488. The molecule has 3 aromatic rings. The molecule has 1 fully saturated rings. The van der Waals surface area contributed by atoms with Gasteiger partial charge >= 0.3 is 0 Å². The number of carbonyl (C=O) groups is 1. The lowest BCUT2D eigenvalue weighted by Crippen LogP contribution is -2.23. The third kappa shape index (κ3) is 6.13. The SMILES string of the molecule is O=C(NCc1cccc(CN2CCCC2)c1)c1ccc(NS(=O)(=O)c2ccccc2)cc1Cl. The van der Waals surface area contributed by atoms with E-state index >= 15 is 0 Å². The number of nitrogens with zero attached hydrogens (tertiary/aromatic N) is 1. The molecule has 0 saturated carbocycles. The molecule has 1 saturated heterocycles. The summed E-state index contributed by atoms with van der Waals surface area (Å²) in [7, 11) is -3.74. The van der Waals surface area contributed by atoms with Crippen molar-refractivity contribution in [1.29, 1.82) is 0 Å². The fraction of sp³-hybridized carbons (Fsp3) is 0.240. The van der Waals surface area contributed by atoms with Crippen LogP contribution in [-0.2, 0) is 23.1 Å². The molecule has 2 N–H and O–H groups in total. The Morgan fingerprint density at radius 2 is 1.64 bits per heavy atom. The fourth-order valence-corrected chi connectivity index (χ4v) is 5.23. The predicted molar refractivity (Wildman–Crippen MR) is 131 cm³/mol. The van der Waals surface area contributed by atoms with Gasteiger partial charge in [-0.1, -0.05) is 54.1 Å². The van der Waals surface area contributed by atoms with E-state index < -0.39 is 10.0 Å². The smallest absolute Gasteiger partial charge is 0.261 e. The number of amides is 1. The summed E-state index contributed by atoms with van der Waals surface area (Å²) in [4.78, 5) is 15.3. The van der Waals surface area contributed by atoms with E-state index in [0.717, 1.165) is 25.2 Å². The average Bonchev–Trinajstić information content (AvgIpc) is 3.31. The van der Waals surface area contributed by atoms with Crippen LogP contribution in [0.1, 0.15) is 34.3 Å². The number of hydrogen-bond donors (Lipinski definition) is 2. The van der Waals surface area contributed by atoms with Gasteiger partial charge in [0.15, 0.2) is 0 Å². The minimum Gasteiger partial charge on any atom is -0.348 e. The Labute approximate surface area is 199 Å². The first-order valence-electron chi connectivity index (χ1n) is 10.9. The molecule has 0 aromatic heterocycles. The Bertz CT molecular complexity index is 1230. The summed E-state index contributed by atoms with van der Waals surface area (Å²) in [6, 6.07) is 20.7. The van der Waals surface area contributed by atoms with Crippen LogP contribution in [0.3, 0.4) is 0 Å². The highest BCUT2D eigenvalue weighted by atomic mass is 35.5. The van der Waals surface area contributed by atoms with Crippen LogP contribution in [0.4, 0.5) is 5.69 Å². The first-order valence-corrected chi connectivity index (χ1v) is 12.7. The lowest BCUT2D eigenvalue weighted by atomic mass is 10.1. The van der Waals surface area contributed by atoms with E-state index in [1.165, 1.54) is 48.7 Å². The molecule has 4 rings (SSSR count). The van der Waals surface area contributed by atoms with Gasteiger partial charge in [-0.05, 0) is 67.4 Å². The van der Waals surface area contributed by atoms with Gasteiger partial charge in [-0.25, -0.2) is 8.42 Å². The van der Waals surface area contributed by atoms with Gasteiger partial charge in [0.25, 0.3) is 15.9 Å². The number of nitrogens with one attached hydrogen (secondary N) is 2. The Morgan fingerprint density at radius 3 is 2.36 bits per heavy atom. The van der Waals surface area contributed by atoms with Crippen LogP contribution >= 0.6 is 11.6 Å². The highest BCUT2D eigenvalue weighted by Gasteiger charge is 2.16. The maximum atomic E-state index is 12.7. The average molecular weight is 484 g/mol. The van der Waals surface area contributed by atoms with Crippen molar-refractivity contribution >= 4 is 33.2 Å². The van der Waals surface area contributed by atoms with Gasteiger partial charge in [0.05, 0.1) is 21.2 Å². The van der Waals surface area contributed by atoms with E-state index in [2.05, 4.69) is 27.1 Å². The Morgan fingerprint density at radius 1 is 0.909 bits per heavy atom. The van der Waals surface area contributed by atoms with Crippen molar-refractivity contribution in [3.63, 3.8) is 0 Å². The van der Waals surface area contributed by atoms with Crippen molar-refractivity contribution in [3.8, 4) is 0 Å². The van der Waals surface area contributed by atoms with Gasteiger partial charge in [-0.3, -0.25) is 14.4 Å². The summed E-state index contributed by atoms with van der Waals surface area (Å²) in [5.41, 5.74) is 2.82. The van der Waals surface area contributed by atoms with E-state index in [4.69, 9.17) is 11.6 Å². The van der Waals surface area contributed by atoms with Crippen molar-refractivity contribution in [2.45, 2.75) is 30.8 Å². The van der Waals surface area contributed by atoms with E-state index in [1.54, 1.807) is 18.2 Å². The first-order chi connectivity index (χ1) is 15.9. The highest BCUT2D eigenvalue weighted by molar-refractivity contribution is 7.92. The summed E-state index contributed by atoms with van der Waals surface area (Å²) < 4.78 is 27.5. The zero-order valence-corrected chi connectivity index (χ0v) is 19.7. The number of rotatable bonds is 8. The summed E-state index contributed by atoms with van der Waals surface area (Å²) in [6.07, 6.45) is 2.51. The molecule has 6 nitrogen and oxygen atoms in total. The molecule has 1 heterocycles. The number of halogens is 1. The first kappa shape index (κ1) is 23.3. The largest absolute Gasteiger partial charge is 0.348 e. The van der Waals surface area contributed by atoms with E-state index in [0.29, 0.717) is 6.54 Å². The second kappa shape index (κ2) is 10.4. The van der Waals surface area contributed by atoms with Crippen molar-refractivity contribution < 1.29 is 13.2 Å². The minimum atomic E-state index is -3.74. The Balaban J connectivity index is 1.38. The molecule has 1 aliphatic heterocycles. The second-order valence-electron chi connectivity index (χ2n) is 8.10. The molecule has 1 aliphatic rings. The molecule has 0 radical (unpaired) electrons. The maximum absolute atomic E-state index is 12.7. The van der Waals surface area contributed by atoms with Gasteiger partial charge in [-0.2, -0.15) is 0 Å². The number of hydrogen-bond acceptors (Lipinski definition) is 4. The zero-order chi connectivity index (χ0) is 23.3. The monoisotopic (exact) mass is 483 g/mol. The third-order valence-electron chi connectivity index (χ3n) is 5.57. The highest BCUT2D eigenvalue weighted by Crippen LogP contribution is 2.23. The van der Waals surface area contributed by atoms with Crippen LogP contribution < -0.4 is 10.0 Å². The number of benzene rings is 3. The van der Waals surface area contributed by atoms with E-state index in [9.17, 15) is 13.2 Å². The molecule has 3 aromatic carbocycles. The second-order valence-corrected chi connectivity index (χ2v) is 10.2. The van der Waals surface area contributed by atoms with E-state index in [1.807, 2.05) is 12.1 Å². The molecule has 0 unspecified atom stereocenters. The number of sulfonamides is 1. The van der Waals surface area contributed by atoms with Gasteiger partial charge in [0, 0.05) is 13.1 Å². The van der Waals surface area contributed by atoms with Crippen LogP contribution in [0.5, 0.6) is 0 Å². The Hall–Kier alpha value is -2.87. The van der Waals surface area contributed by atoms with E-state index in [-0.39, 0.29) is 27.1 Å². The summed E-state index contributed by atoms with van der Waals surface area (Å²) in [5, 5.41) is 3.06. The van der Waals surface area contributed by atoms with Gasteiger partial charge < -0.3 is 5.32 Å². The standard InChI is InChI=1S/C25H26ClN3O3S/c26-24-16-21(28-33(31,32)22-9-2-1-3-10-22)11-12-23(24)25(30)27-17-19-7-6-8-20(15-19)18-29-13-4-5-14-29/h1-3,6-12,15-16,28H,4-5,13-14,17-18H2,(H,27,30). The molecular formula is C25H26ClN3O3S. The minimum absolute atomic E-state index is 0.148. The molecule has 8 heteroatoms. The molecule has 0 atom stereocenters. The van der Waals surface area contributed by atoms with Crippen LogP contribution in [0.15, 0.2) is 77.7 Å². The molecule has 0 bridgehead atoms. The number of anilines is 1. The molecule has 0 aliphatic carbocycles. The number of carbonyl (C=O) groups excluding carboxylic acids is 1. The van der Waals surface area contributed by atoms with Crippen molar-refractivity contribution in [2.24, 2.45) is 0 Å².